The van der Waals surface area contributed by atoms with Gasteiger partial charge in [0.1, 0.15) is 6.61 Å². The largest absolute Gasteiger partial charge is 0.445 e. The molecule has 0 aliphatic carbocycles. The Morgan fingerprint density at radius 2 is 2.57 bits per heavy atom. The number of amides is 1. The molecule has 1 N–H and O–H groups in total. The summed E-state index contributed by atoms with van der Waals surface area (Å²) in [6.07, 6.45) is 1.08. The minimum atomic E-state index is -0.424. The quantitative estimate of drug-likeness (QED) is 0.653. The van der Waals surface area contributed by atoms with Crippen molar-refractivity contribution in [2.75, 3.05) is 33.0 Å². The molecule has 1 aliphatic rings. The van der Waals surface area contributed by atoms with E-state index >= 15 is 0 Å². The van der Waals surface area contributed by atoms with Gasteiger partial charge in [-0.2, -0.15) is 0 Å². The van der Waals surface area contributed by atoms with Crippen LogP contribution in [0.2, 0.25) is 0 Å². The van der Waals surface area contributed by atoms with Gasteiger partial charge in [-0.15, -0.1) is 0 Å². The highest BCUT2D eigenvalue weighted by Crippen LogP contribution is 2.07. The number of carbonyl (C=O) groups excluding carboxylic acids is 1. The number of hydrogen-bond donors (Lipinski definition) is 1. The second-order valence-corrected chi connectivity index (χ2v) is 2.97. The molecule has 14 heavy (non-hydrogen) atoms. The first-order chi connectivity index (χ1) is 6.79. The van der Waals surface area contributed by atoms with Gasteiger partial charge in [0.25, 0.3) is 0 Å². The van der Waals surface area contributed by atoms with E-state index in [2.05, 4.69) is 6.58 Å². The van der Waals surface area contributed by atoms with Gasteiger partial charge in [-0.05, 0) is 0 Å². The molecule has 1 rings (SSSR count). The van der Waals surface area contributed by atoms with E-state index in [1.807, 2.05) is 0 Å². The van der Waals surface area contributed by atoms with Gasteiger partial charge < -0.3 is 14.6 Å². The van der Waals surface area contributed by atoms with Crippen molar-refractivity contribution in [1.29, 1.82) is 0 Å². The van der Waals surface area contributed by atoms with Crippen LogP contribution in [0.3, 0.4) is 0 Å². The fourth-order valence-corrected chi connectivity index (χ4v) is 1.26. The minimum absolute atomic E-state index is 0.108. The topological polar surface area (TPSA) is 59.0 Å². The lowest BCUT2D eigenvalue weighted by Gasteiger charge is -2.33. The van der Waals surface area contributed by atoms with Gasteiger partial charge in [-0.3, -0.25) is 4.90 Å². The van der Waals surface area contributed by atoms with E-state index in [1.165, 1.54) is 11.0 Å². The Bertz CT molecular complexity index is 207. The molecule has 0 radical (unpaired) electrons. The summed E-state index contributed by atoms with van der Waals surface area (Å²) in [5, 5.41) is 8.99. The molecule has 0 aromatic heterocycles. The zero-order valence-corrected chi connectivity index (χ0v) is 8.02. The summed E-state index contributed by atoms with van der Waals surface area (Å²) in [6.45, 7) is 4.83. The molecule has 1 amide bonds. The predicted octanol–water partition coefficient (Wildman–Crippen LogP) is 0.00210. The highest BCUT2D eigenvalue weighted by Gasteiger charge is 2.27. The predicted molar refractivity (Wildman–Crippen MR) is 49.9 cm³/mol. The smallest absolute Gasteiger partial charge is 0.410 e. The molecule has 5 heteroatoms. The van der Waals surface area contributed by atoms with Gasteiger partial charge in [-0.25, -0.2) is 4.79 Å². The van der Waals surface area contributed by atoms with Gasteiger partial charge in [0.2, 0.25) is 0 Å². The lowest BCUT2D eigenvalue weighted by molar-refractivity contribution is -0.0241. The van der Waals surface area contributed by atoms with Crippen LogP contribution < -0.4 is 0 Å². The molecule has 1 fully saturated rings. The average molecular weight is 201 g/mol. The summed E-state index contributed by atoms with van der Waals surface area (Å²) in [6, 6.07) is -0.291. The lowest BCUT2D eigenvalue weighted by Crippen LogP contribution is -2.50. The van der Waals surface area contributed by atoms with Crippen molar-refractivity contribution >= 4 is 6.09 Å². The van der Waals surface area contributed by atoms with E-state index in [4.69, 9.17) is 14.6 Å². The second-order valence-electron chi connectivity index (χ2n) is 2.97. The summed E-state index contributed by atoms with van der Waals surface area (Å²) < 4.78 is 9.99. The fraction of sp³-hybridized carbons (Fsp3) is 0.667. The maximum atomic E-state index is 11.4. The maximum Gasteiger partial charge on any atom is 0.410 e. The highest BCUT2D eigenvalue weighted by molar-refractivity contribution is 5.68. The summed E-state index contributed by atoms with van der Waals surface area (Å²) in [5.74, 6) is 0. The zero-order chi connectivity index (χ0) is 10.4. The van der Waals surface area contributed by atoms with Crippen LogP contribution in [0.4, 0.5) is 4.79 Å². The molecular weight excluding hydrogens is 186 g/mol. The second kappa shape index (κ2) is 5.62. The Morgan fingerprint density at radius 1 is 1.79 bits per heavy atom. The molecule has 0 spiro atoms. The molecule has 1 aliphatic heterocycles. The Balaban J connectivity index is 2.45. The van der Waals surface area contributed by atoms with Gasteiger partial charge in [0, 0.05) is 6.54 Å². The summed E-state index contributed by atoms with van der Waals surface area (Å²) in [7, 11) is 0. The standard InChI is InChI=1S/C9H15NO4/c1-2-4-14-9(12)10-3-5-13-7-8(10)6-11/h2,8,11H,1,3-7H2/t8-/m0/s1. The molecule has 1 atom stereocenters. The zero-order valence-electron chi connectivity index (χ0n) is 8.02. The van der Waals surface area contributed by atoms with Crippen molar-refractivity contribution in [3.8, 4) is 0 Å². The normalized spacial score (nSPS) is 21.8. The van der Waals surface area contributed by atoms with Crippen molar-refractivity contribution in [3.05, 3.63) is 12.7 Å². The van der Waals surface area contributed by atoms with Crippen LogP contribution in [-0.4, -0.2) is 55.1 Å². The van der Waals surface area contributed by atoms with Crippen molar-refractivity contribution in [1.82, 2.24) is 4.90 Å². The SMILES string of the molecule is C=CCOC(=O)N1CCOC[C@@H]1CO. The van der Waals surface area contributed by atoms with Crippen LogP contribution >= 0.6 is 0 Å². The van der Waals surface area contributed by atoms with Crippen molar-refractivity contribution < 1.29 is 19.4 Å². The van der Waals surface area contributed by atoms with Gasteiger partial charge >= 0.3 is 6.09 Å². The van der Waals surface area contributed by atoms with E-state index in [0.717, 1.165) is 0 Å². The Hall–Kier alpha value is -1.07. The molecule has 80 valence electrons. The van der Waals surface area contributed by atoms with Crippen LogP contribution in [0.15, 0.2) is 12.7 Å². The maximum absolute atomic E-state index is 11.4. The number of carbonyl (C=O) groups is 1. The molecule has 0 unspecified atom stereocenters. The summed E-state index contributed by atoms with van der Waals surface area (Å²) in [4.78, 5) is 12.9. The number of morpholine rings is 1. The van der Waals surface area contributed by atoms with E-state index in [-0.39, 0.29) is 19.3 Å². The van der Waals surface area contributed by atoms with Crippen LogP contribution in [0, 0.1) is 0 Å². The number of aliphatic hydroxyl groups is 1. The Kier molecular flexibility index (Phi) is 4.42. The molecule has 0 aromatic rings. The first-order valence-electron chi connectivity index (χ1n) is 4.52. The first-order valence-corrected chi connectivity index (χ1v) is 4.52. The molecule has 0 aromatic carbocycles. The van der Waals surface area contributed by atoms with Crippen molar-refractivity contribution in [2.45, 2.75) is 6.04 Å². The highest BCUT2D eigenvalue weighted by atomic mass is 16.6. The summed E-state index contributed by atoms with van der Waals surface area (Å²) in [5.41, 5.74) is 0. The molecule has 0 bridgehead atoms. The van der Waals surface area contributed by atoms with Crippen LogP contribution in [-0.2, 0) is 9.47 Å². The molecule has 5 nitrogen and oxygen atoms in total. The van der Waals surface area contributed by atoms with E-state index < -0.39 is 6.09 Å². The van der Waals surface area contributed by atoms with E-state index in [9.17, 15) is 4.79 Å². The van der Waals surface area contributed by atoms with Gasteiger partial charge in [0.05, 0.1) is 25.9 Å². The number of aliphatic hydroxyl groups excluding tert-OH is 1. The monoisotopic (exact) mass is 201 g/mol. The van der Waals surface area contributed by atoms with Crippen LogP contribution in [0.1, 0.15) is 0 Å². The van der Waals surface area contributed by atoms with Crippen LogP contribution in [0.5, 0.6) is 0 Å². The number of nitrogens with zero attached hydrogens (tertiary/aromatic N) is 1. The third-order valence-corrected chi connectivity index (χ3v) is 2.00. The Labute approximate surface area is 82.9 Å². The van der Waals surface area contributed by atoms with Crippen molar-refractivity contribution in [2.24, 2.45) is 0 Å². The summed E-state index contributed by atoms with van der Waals surface area (Å²) >= 11 is 0. The molecule has 1 saturated heterocycles. The van der Waals surface area contributed by atoms with Gasteiger partial charge in [-0.1, -0.05) is 12.7 Å². The third kappa shape index (κ3) is 2.71. The van der Waals surface area contributed by atoms with Crippen LogP contribution in [0.25, 0.3) is 0 Å². The molecular formula is C9H15NO4. The number of ether oxygens (including phenoxy) is 2. The minimum Gasteiger partial charge on any atom is -0.445 e. The van der Waals surface area contributed by atoms with E-state index in [1.54, 1.807) is 0 Å². The van der Waals surface area contributed by atoms with Gasteiger partial charge in [0.15, 0.2) is 0 Å². The molecule has 1 heterocycles. The Morgan fingerprint density at radius 3 is 3.21 bits per heavy atom. The van der Waals surface area contributed by atoms with Crippen molar-refractivity contribution in [3.63, 3.8) is 0 Å². The number of hydrogen-bond acceptors (Lipinski definition) is 4. The molecule has 0 saturated carbocycles. The third-order valence-electron chi connectivity index (χ3n) is 2.00. The fourth-order valence-electron chi connectivity index (χ4n) is 1.26. The first kappa shape index (κ1) is 11.0. The lowest BCUT2D eigenvalue weighted by atomic mass is 10.2. The number of rotatable bonds is 3. The van der Waals surface area contributed by atoms with E-state index in [0.29, 0.717) is 19.8 Å². The average Bonchev–Trinajstić information content (AvgIpc) is 2.25.